The number of hydrogen-bond acceptors (Lipinski definition) is 3. The van der Waals surface area contributed by atoms with E-state index in [9.17, 15) is 5.11 Å². The lowest BCUT2D eigenvalue weighted by atomic mass is 10.0. The number of hydrogen-bond donors (Lipinski definition) is 2. The molecule has 0 radical (unpaired) electrons. The number of benzene rings is 1. The van der Waals surface area contributed by atoms with E-state index in [-0.39, 0.29) is 0 Å². The van der Waals surface area contributed by atoms with Gasteiger partial charge in [-0.25, -0.2) is 0 Å². The van der Waals surface area contributed by atoms with Gasteiger partial charge >= 0.3 is 0 Å². The molecule has 0 bridgehead atoms. The highest BCUT2D eigenvalue weighted by Crippen LogP contribution is 2.31. The highest BCUT2D eigenvalue weighted by atomic mass is 16.3. The van der Waals surface area contributed by atoms with Crippen molar-refractivity contribution in [2.24, 2.45) is 0 Å². The largest absolute Gasteiger partial charge is 0.388 e. The summed E-state index contributed by atoms with van der Waals surface area (Å²) >= 11 is 0. The molecule has 0 aromatic heterocycles. The maximum Gasteiger partial charge on any atom is 0.0821 e. The van der Waals surface area contributed by atoms with Crippen LogP contribution in [0.2, 0.25) is 0 Å². The summed E-state index contributed by atoms with van der Waals surface area (Å²) in [6.45, 7) is 6.08. The van der Waals surface area contributed by atoms with Gasteiger partial charge in [0.1, 0.15) is 0 Å². The second kappa shape index (κ2) is 7.28. The topological polar surface area (TPSA) is 35.5 Å². The second-order valence-corrected chi connectivity index (χ2v) is 6.40. The molecule has 1 unspecified atom stereocenters. The van der Waals surface area contributed by atoms with E-state index in [0.717, 1.165) is 45.2 Å². The summed E-state index contributed by atoms with van der Waals surface area (Å²) in [4.78, 5) is 2.18. The molecule has 1 saturated carbocycles. The minimum Gasteiger partial charge on any atom is -0.388 e. The van der Waals surface area contributed by atoms with Crippen LogP contribution < -0.4 is 10.2 Å². The first-order valence-electron chi connectivity index (χ1n) is 8.35. The number of anilines is 1. The fourth-order valence-electron chi connectivity index (χ4n) is 3.43. The molecule has 0 aliphatic heterocycles. The monoisotopic (exact) mass is 290 g/mol. The van der Waals surface area contributed by atoms with Crippen molar-refractivity contribution in [3.05, 3.63) is 29.8 Å². The average Bonchev–Trinajstić information content (AvgIpc) is 2.91. The molecule has 2 N–H and O–H groups in total. The van der Waals surface area contributed by atoms with E-state index < -0.39 is 5.60 Å². The number of nitrogens with zero attached hydrogens (tertiary/aromatic N) is 1. The van der Waals surface area contributed by atoms with Crippen LogP contribution in [0.4, 0.5) is 5.69 Å². The number of likely N-dealkylation sites (N-methyl/N-ethyl adjacent to an activating group) is 1. The summed E-state index contributed by atoms with van der Waals surface area (Å²) in [6.07, 6.45) is 5.29. The molecule has 0 saturated heterocycles. The van der Waals surface area contributed by atoms with E-state index in [4.69, 9.17) is 0 Å². The number of aliphatic hydroxyl groups is 1. The van der Waals surface area contributed by atoms with Crippen molar-refractivity contribution in [2.75, 3.05) is 25.0 Å². The maximum absolute atomic E-state index is 10.5. The molecule has 118 valence electrons. The van der Waals surface area contributed by atoms with Crippen LogP contribution in [-0.4, -0.2) is 30.8 Å². The van der Waals surface area contributed by atoms with Crippen LogP contribution in [0.25, 0.3) is 0 Å². The molecular weight excluding hydrogens is 260 g/mol. The van der Waals surface area contributed by atoms with Crippen molar-refractivity contribution in [1.82, 2.24) is 5.32 Å². The molecule has 1 aliphatic rings. The first-order chi connectivity index (χ1) is 10.1. The highest BCUT2D eigenvalue weighted by Gasteiger charge is 2.32. The number of nitrogens with one attached hydrogen (secondary N) is 1. The maximum atomic E-state index is 10.5. The van der Waals surface area contributed by atoms with Gasteiger partial charge in [-0.15, -0.1) is 0 Å². The standard InChI is InChI=1S/C18H30N2O/c1-4-17(19-5-2)15-8-10-16(11-9-15)20(3)14-18(21)12-6-7-13-18/h8-11,17,19,21H,4-7,12-14H2,1-3H3. The Labute approximate surface area is 129 Å². The predicted octanol–water partition coefficient (Wildman–Crippen LogP) is 3.49. The first-order valence-corrected chi connectivity index (χ1v) is 8.35. The van der Waals surface area contributed by atoms with Gasteiger partial charge in [-0.2, -0.15) is 0 Å². The van der Waals surface area contributed by atoms with Gasteiger partial charge in [-0.05, 0) is 43.5 Å². The highest BCUT2D eigenvalue weighted by molar-refractivity contribution is 5.47. The number of rotatable bonds is 7. The smallest absolute Gasteiger partial charge is 0.0821 e. The Morgan fingerprint density at radius 1 is 1.19 bits per heavy atom. The SMILES string of the molecule is CCNC(CC)c1ccc(N(C)CC2(O)CCCC2)cc1. The average molecular weight is 290 g/mol. The van der Waals surface area contributed by atoms with Crippen LogP contribution in [0, 0.1) is 0 Å². The van der Waals surface area contributed by atoms with E-state index >= 15 is 0 Å². The van der Waals surface area contributed by atoms with Gasteiger partial charge in [0.15, 0.2) is 0 Å². The van der Waals surface area contributed by atoms with Crippen LogP contribution in [0.5, 0.6) is 0 Å². The zero-order valence-electron chi connectivity index (χ0n) is 13.7. The van der Waals surface area contributed by atoms with Crippen LogP contribution in [-0.2, 0) is 0 Å². The quantitative estimate of drug-likeness (QED) is 0.807. The van der Waals surface area contributed by atoms with Crippen molar-refractivity contribution in [1.29, 1.82) is 0 Å². The summed E-state index contributed by atoms with van der Waals surface area (Å²) in [5.41, 5.74) is 2.05. The van der Waals surface area contributed by atoms with Gasteiger partial charge < -0.3 is 15.3 Å². The summed E-state index contributed by atoms with van der Waals surface area (Å²) in [6, 6.07) is 9.21. The Morgan fingerprint density at radius 2 is 1.81 bits per heavy atom. The molecule has 21 heavy (non-hydrogen) atoms. The fraction of sp³-hybridized carbons (Fsp3) is 0.667. The molecule has 0 heterocycles. The Hall–Kier alpha value is -1.06. The van der Waals surface area contributed by atoms with Gasteiger partial charge in [0.25, 0.3) is 0 Å². The summed E-state index contributed by atoms with van der Waals surface area (Å²) in [7, 11) is 2.08. The van der Waals surface area contributed by atoms with E-state index in [0.29, 0.717) is 6.04 Å². The molecule has 2 rings (SSSR count). The van der Waals surface area contributed by atoms with Gasteiger partial charge in [0.2, 0.25) is 0 Å². The fourth-order valence-corrected chi connectivity index (χ4v) is 3.43. The molecule has 1 aromatic rings. The zero-order valence-corrected chi connectivity index (χ0v) is 13.7. The normalized spacial score (nSPS) is 18.7. The lowest BCUT2D eigenvalue weighted by Crippen LogP contribution is -2.39. The van der Waals surface area contributed by atoms with Crippen LogP contribution in [0.15, 0.2) is 24.3 Å². The van der Waals surface area contributed by atoms with Crippen molar-refractivity contribution >= 4 is 5.69 Å². The van der Waals surface area contributed by atoms with E-state index in [2.05, 4.69) is 55.4 Å². The molecule has 1 atom stereocenters. The molecule has 1 aromatic carbocycles. The Morgan fingerprint density at radius 3 is 2.33 bits per heavy atom. The lowest BCUT2D eigenvalue weighted by Gasteiger charge is -2.30. The van der Waals surface area contributed by atoms with Gasteiger partial charge in [0.05, 0.1) is 5.60 Å². The van der Waals surface area contributed by atoms with Crippen LogP contribution in [0.1, 0.15) is 57.6 Å². The third kappa shape index (κ3) is 4.21. The molecule has 1 aliphatic carbocycles. The Balaban J connectivity index is 2.00. The lowest BCUT2D eigenvalue weighted by molar-refractivity contribution is 0.0559. The van der Waals surface area contributed by atoms with Crippen LogP contribution in [0.3, 0.4) is 0 Å². The third-order valence-electron chi connectivity index (χ3n) is 4.66. The van der Waals surface area contributed by atoms with Crippen molar-refractivity contribution < 1.29 is 5.11 Å². The molecule has 3 nitrogen and oxygen atoms in total. The predicted molar refractivity (Wildman–Crippen MR) is 89.8 cm³/mol. The minimum absolute atomic E-state index is 0.438. The first kappa shape index (κ1) is 16.3. The van der Waals surface area contributed by atoms with E-state index in [1.54, 1.807) is 0 Å². The van der Waals surface area contributed by atoms with Crippen molar-refractivity contribution in [3.8, 4) is 0 Å². The van der Waals surface area contributed by atoms with Gasteiger partial charge in [-0.3, -0.25) is 0 Å². The summed E-state index contributed by atoms with van der Waals surface area (Å²) in [5.74, 6) is 0. The summed E-state index contributed by atoms with van der Waals surface area (Å²) < 4.78 is 0. The Bertz CT molecular complexity index is 423. The second-order valence-electron chi connectivity index (χ2n) is 6.40. The van der Waals surface area contributed by atoms with Gasteiger partial charge in [-0.1, -0.05) is 38.8 Å². The molecule has 0 amide bonds. The van der Waals surface area contributed by atoms with Crippen molar-refractivity contribution in [2.45, 2.75) is 57.6 Å². The Kier molecular flexibility index (Phi) is 5.65. The molecule has 3 heteroatoms. The van der Waals surface area contributed by atoms with Crippen molar-refractivity contribution in [3.63, 3.8) is 0 Å². The molecule has 1 fully saturated rings. The van der Waals surface area contributed by atoms with E-state index in [1.165, 1.54) is 11.3 Å². The summed E-state index contributed by atoms with van der Waals surface area (Å²) in [5, 5.41) is 14.0. The minimum atomic E-state index is -0.483. The molecular formula is C18H30N2O. The van der Waals surface area contributed by atoms with Crippen LogP contribution >= 0.6 is 0 Å². The van der Waals surface area contributed by atoms with E-state index in [1.807, 2.05) is 0 Å². The van der Waals surface area contributed by atoms with Gasteiger partial charge in [0, 0.05) is 25.3 Å². The molecule has 0 spiro atoms. The third-order valence-corrected chi connectivity index (χ3v) is 4.66. The zero-order chi connectivity index (χ0) is 15.3.